The van der Waals surface area contributed by atoms with Gasteiger partial charge in [-0.15, -0.1) is 0 Å². The zero-order valence-corrected chi connectivity index (χ0v) is 14.3. The Labute approximate surface area is 148 Å². The summed E-state index contributed by atoms with van der Waals surface area (Å²) in [6.07, 6.45) is -1.40. The Kier molecular flexibility index (Phi) is 6.32. The molecule has 1 heterocycles. The van der Waals surface area contributed by atoms with E-state index in [1.54, 1.807) is 18.3 Å². The molecule has 2 rings (SSSR count). The van der Waals surface area contributed by atoms with E-state index in [1.807, 2.05) is 0 Å². The molecule has 140 valence electrons. The van der Waals surface area contributed by atoms with Crippen LogP contribution in [0, 0.1) is 0 Å². The third-order valence-corrected chi connectivity index (χ3v) is 4.68. The Morgan fingerprint density at radius 1 is 1.12 bits per heavy atom. The molecule has 0 fully saturated rings. The predicted molar refractivity (Wildman–Crippen MR) is 88.6 cm³/mol. The fourth-order valence-electron chi connectivity index (χ4n) is 1.98. The van der Waals surface area contributed by atoms with Gasteiger partial charge >= 0.3 is 6.18 Å². The van der Waals surface area contributed by atoms with Crippen LogP contribution in [0.15, 0.2) is 48.8 Å². The molecule has 0 bridgehead atoms. The van der Waals surface area contributed by atoms with Crippen LogP contribution in [0.25, 0.3) is 0 Å². The second-order valence-corrected chi connectivity index (χ2v) is 7.26. The number of aromatic nitrogens is 1. The number of nitrogens with zero attached hydrogens (tertiary/aromatic N) is 1. The maximum atomic E-state index is 12.5. The maximum absolute atomic E-state index is 12.5. The van der Waals surface area contributed by atoms with Gasteiger partial charge in [-0.25, -0.2) is 13.1 Å². The van der Waals surface area contributed by atoms with Gasteiger partial charge in [0.05, 0.1) is 11.3 Å². The van der Waals surface area contributed by atoms with Gasteiger partial charge in [-0.05, 0) is 35.9 Å². The summed E-state index contributed by atoms with van der Waals surface area (Å²) in [7, 11) is -3.62. The van der Waals surface area contributed by atoms with E-state index < -0.39 is 27.7 Å². The molecule has 2 aromatic rings. The summed E-state index contributed by atoms with van der Waals surface area (Å²) in [6.45, 7) is -0.106. The fraction of sp³-hybridized carbons (Fsp3) is 0.250. The molecule has 1 aromatic heterocycles. The number of pyridine rings is 1. The third-order valence-electron chi connectivity index (χ3n) is 3.35. The topological polar surface area (TPSA) is 88.2 Å². The van der Waals surface area contributed by atoms with Gasteiger partial charge < -0.3 is 5.32 Å². The number of amides is 1. The van der Waals surface area contributed by atoms with Gasteiger partial charge in [0, 0.05) is 31.0 Å². The third kappa shape index (κ3) is 6.12. The average molecular weight is 387 g/mol. The molecule has 26 heavy (non-hydrogen) atoms. The van der Waals surface area contributed by atoms with Crippen LogP contribution in [0.2, 0.25) is 0 Å². The van der Waals surface area contributed by atoms with E-state index in [9.17, 15) is 26.4 Å². The van der Waals surface area contributed by atoms with E-state index in [1.165, 1.54) is 6.20 Å². The van der Waals surface area contributed by atoms with Gasteiger partial charge in [0.2, 0.25) is 10.0 Å². The fourth-order valence-corrected chi connectivity index (χ4v) is 2.88. The van der Waals surface area contributed by atoms with Crippen molar-refractivity contribution in [2.45, 2.75) is 12.7 Å². The Morgan fingerprint density at radius 3 is 2.38 bits per heavy atom. The summed E-state index contributed by atoms with van der Waals surface area (Å²) < 4.78 is 63.5. The van der Waals surface area contributed by atoms with Crippen molar-refractivity contribution < 1.29 is 26.4 Å². The highest BCUT2D eigenvalue weighted by Crippen LogP contribution is 2.29. The van der Waals surface area contributed by atoms with Crippen LogP contribution in [-0.2, 0) is 22.7 Å². The van der Waals surface area contributed by atoms with Crippen LogP contribution in [-0.4, -0.2) is 31.6 Å². The molecule has 2 N–H and O–H groups in total. The summed E-state index contributed by atoms with van der Waals surface area (Å²) in [5.41, 5.74) is -0.167. The molecular weight excluding hydrogens is 371 g/mol. The largest absolute Gasteiger partial charge is 0.416 e. The number of rotatable bonds is 7. The highest BCUT2D eigenvalue weighted by molar-refractivity contribution is 7.89. The van der Waals surface area contributed by atoms with Crippen LogP contribution in [0.3, 0.4) is 0 Å². The van der Waals surface area contributed by atoms with E-state index in [0.29, 0.717) is 5.56 Å². The smallest absolute Gasteiger partial charge is 0.351 e. The van der Waals surface area contributed by atoms with Gasteiger partial charge in [-0.3, -0.25) is 9.78 Å². The number of alkyl halides is 3. The lowest BCUT2D eigenvalue weighted by Gasteiger charge is -2.09. The lowest BCUT2D eigenvalue weighted by atomic mass is 10.1. The van der Waals surface area contributed by atoms with Crippen molar-refractivity contribution in [3.8, 4) is 0 Å². The molecule has 0 radical (unpaired) electrons. The minimum Gasteiger partial charge on any atom is -0.351 e. The van der Waals surface area contributed by atoms with E-state index in [0.717, 1.165) is 24.3 Å². The Hall–Kier alpha value is -2.46. The van der Waals surface area contributed by atoms with Crippen molar-refractivity contribution >= 4 is 15.9 Å². The first kappa shape index (κ1) is 19.9. The molecule has 0 saturated heterocycles. The van der Waals surface area contributed by atoms with Crippen molar-refractivity contribution in [2.75, 3.05) is 12.3 Å². The average Bonchev–Trinajstić information content (AvgIpc) is 2.60. The molecule has 0 atom stereocenters. The first-order valence-corrected chi connectivity index (χ1v) is 9.14. The van der Waals surface area contributed by atoms with Crippen molar-refractivity contribution in [1.82, 2.24) is 15.0 Å². The summed E-state index contributed by atoms with van der Waals surface area (Å²) in [5, 5.41) is 2.36. The maximum Gasteiger partial charge on any atom is 0.416 e. The monoisotopic (exact) mass is 387 g/mol. The number of hydrogen-bond acceptors (Lipinski definition) is 4. The van der Waals surface area contributed by atoms with Gasteiger partial charge in [0.15, 0.2) is 0 Å². The van der Waals surface area contributed by atoms with Crippen molar-refractivity contribution in [1.29, 1.82) is 0 Å². The number of sulfonamides is 1. The van der Waals surface area contributed by atoms with Crippen LogP contribution in [0.5, 0.6) is 0 Å². The lowest BCUT2D eigenvalue weighted by molar-refractivity contribution is -0.137. The molecule has 0 aliphatic carbocycles. The lowest BCUT2D eigenvalue weighted by Crippen LogP contribution is -2.34. The number of nitrogens with one attached hydrogen (secondary N) is 2. The number of hydrogen-bond donors (Lipinski definition) is 2. The minimum atomic E-state index is -4.48. The van der Waals surface area contributed by atoms with Gasteiger partial charge in [-0.1, -0.05) is 6.07 Å². The van der Waals surface area contributed by atoms with E-state index >= 15 is 0 Å². The zero-order valence-electron chi connectivity index (χ0n) is 13.5. The standard InChI is InChI=1S/C16H16F3N3O3S/c17-16(18,19)14-5-3-13(4-6-14)15(23)21-8-9-26(24,25)22-11-12-2-1-7-20-10-12/h1-7,10,22H,8-9,11H2,(H,21,23). The first-order chi connectivity index (χ1) is 12.2. The van der Waals surface area contributed by atoms with E-state index in [2.05, 4.69) is 15.0 Å². The second kappa shape index (κ2) is 8.28. The van der Waals surface area contributed by atoms with Crippen molar-refractivity contribution in [2.24, 2.45) is 0 Å². The molecule has 1 amide bonds. The molecule has 0 aliphatic rings. The first-order valence-electron chi connectivity index (χ1n) is 7.49. The van der Waals surface area contributed by atoms with Crippen LogP contribution < -0.4 is 10.0 Å². The number of benzene rings is 1. The molecule has 1 aromatic carbocycles. The molecular formula is C16H16F3N3O3S. The summed E-state index contributed by atoms with van der Waals surface area (Å²) in [6, 6.07) is 7.04. The highest BCUT2D eigenvalue weighted by atomic mass is 32.2. The molecule has 10 heteroatoms. The summed E-state index contributed by atoms with van der Waals surface area (Å²) >= 11 is 0. The Morgan fingerprint density at radius 2 is 1.81 bits per heavy atom. The van der Waals surface area contributed by atoms with E-state index in [4.69, 9.17) is 0 Å². The number of carbonyl (C=O) groups excluding carboxylic acids is 1. The van der Waals surface area contributed by atoms with E-state index in [-0.39, 0.29) is 24.4 Å². The second-order valence-electron chi connectivity index (χ2n) is 5.33. The van der Waals surface area contributed by atoms with Gasteiger partial charge in [0.1, 0.15) is 0 Å². The molecule has 0 spiro atoms. The SMILES string of the molecule is O=C(NCCS(=O)(=O)NCc1cccnc1)c1ccc(C(F)(F)F)cc1. The zero-order chi connectivity index (χ0) is 19.2. The van der Waals surface area contributed by atoms with Crippen LogP contribution in [0.4, 0.5) is 13.2 Å². The summed E-state index contributed by atoms with van der Waals surface area (Å²) in [5.74, 6) is -1.01. The van der Waals surface area contributed by atoms with Gasteiger partial charge in [0.25, 0.3) is 5.91 Å². The number of carbonyl (C=O) groups is 1. The van der Waals surface area contributed by atoms with Crippen molar-refractivity contribution in [3.63, 3.8) is 0 Å². The molecule has 0 saturated carbocycles. The molecule has 0 unspecified atom stereocenters. The quantitative estimate of drug-likeness (QED) is 0.760. The van der Waals surface area contributed by atoms with Crippen molar-refractivity contribution in [3.05, 3.63) is 65.5 Å². The van der Waals surface area contributed by atoms with Crippen LogP contribution in [0.1, 0.15) is 21.5 Å². The normalized spacial score (nSPS) is 12.0. The summed E-state index contributed by atoms with van der Waals surface area (Å²) in [4.78, 5) is 15.7. The highest BCUT2D eigenvalue weighted by Gasteiger charge is 2.30. The number of halogens is 3. The minimum absolute atomic E-state index is 0.0127. The Bertz CT molecular complexity index is 839. The molecule has 6 nitrogen and oxygen atoms in total. The Balaban J connectivity index is 1.81. The predicted octanol–water partition coefficient (Wildman–Crippen LogP) is 1.95. The van der Waals surface area contributed by atoms with Gasteiger partial charge in [-0.2, -0.15) is 13.2 Å². The molecule has 0 aliphatic heterocycles. The van der Waals surface area contributed by atoms with Crippen LogP contribution >= 0.6 is 0 Å².